The molecule has 1 aromatic carbocycles. The van der Waals surface area contributed by atoms with Gasteiger partial charge in [0.05, 0.1) is 17.9 Å². The first-order chi connectivity index (χ1) is 9.17. The molecule has 0 bridgehead atoms. The number of allylic oxidation sites excluding steroid dienone is 2. The minimum Gasteiger partial charge on any atom is -0.497 e. The van der Waals surface area contributed by atoms with Gasteiger partial charge in [-0.2, -0.15) is 0 Å². The molecule has 0 fully saturated rings. The van der Waals surface area contributed by atoms with Gasteiger partial charge in [-0.3, -0.25) is 10.0 Å². The Hall–Kier alpha value is -1.92. The normalized spacial score (nSPS) is 12.7. The van der Waals surface area contributed by atoms with Crippen molar-refractivity contribution < 1.29 is 18.9 Å². The third-order valence-electron chi connectivity index (χ3n) is 2.16. The van der Waals surface area contributed by atoms with Crippen LogP contribution in [0.3, 0.4) is 0 Å². The van der Waals surface area contributed by atoms with Crippen molar-refractivity contribution in [1.82, 2.24) is 5.48 Å². The first kappa shape index (κ1) is 15.1. The number of carbonyl (C=O) groups excluding carboxylic acids is 1. The Morgan fingerprint density at radius 2 is 2.05 bits per heavy atom. The van der Waals surface area contributed by atoms with Gasteiger partial charge in [-0.1, -0.05) is 12.2 Å². The number of ether oxygens (including phenoxy) is 1. The highest BCUT2D eigenvalue weighted by atomic mass is 32.2. The number of amides is 1. The lowest BCUT2D eigenvalue weighted by atomic mass is 10.3. The zero-order valence-electron chi connectivity index (χ0n) is 10.4. The van der Waals surface area contributed by atoms with Crippen LogP contribution in [0.5, 0.6) is 5.75 Å². The van der Waals surface area contributed by atoms with Gasteiger partial charge in [-0.15, -0.1) is 0 Å². The molecule has 1 aromatic rings. The van der Waals surface area contributed by atoms with Gasteiger partial charge in [0.2, 0.25) is 0 Å². The van der Waals surface area contributed by atoms with E-state index >= 15 is 0 Å². The molecule has 1 unspecified atom stereocenters. The van der Waals surface area contributed by atoms with Gasteiger partial charge >= 0.3 is 0 Å². The van der Waals surface area contributed by atoms with E-state index in [-0.39, 0.29) is 0 Å². The molecule has 0 spiro atoms. The molecule has 0 aliphatic carbocycles. The topological polar surface area (TPSA) is 75.6 Å². The SMILES string of the molecule is COc1ccc(S(=O)C=CCC=CC(=O)NO)cc1. The number of rotatable bonds is 6. The molecule has 19 heavy (non-hydrogen) atoms. The average Bonchev–Trinajstić information content (AvgIpc) is 2.46. The lowest BCUT2D eigenvalue weighted by molar-refractivity contribution is -0.124. The van der Waals surface area contributed by atoms with Gasteiger partial charge in [-0.05, 0) is 30.7 Å². The molecule has 0 aliphatic heterocycles. The van der Waals surface area contributed by atoms with Crippen molar-refractivity contribution in [2.75, 3.05) is 7.11 Å². The zero-order chi connectivity index (χ0) is 14.1. The first-order valence-electron chi connectivity index (χ1n) is 5.49. The third-order valence-corrected chi connectivity index (χ3v) is 3.34. The molecule has 102 valence electrons. The largest absolute Gasteiger partial charge is 0.497 e. The van der Waals surface area contributed by atoms with Gasteiger partial charge in [0.25, 0.3) is 5.91 Å². The van der Waals surface area contributed by atoms with E-state index in [0.29, 0.717) is 17.1 Å². The number of nitrogens with one attached hydrogen (secondary N) is 1. The van der Waals surface area contributed by atoms with Crippen molar-refractivity contribution in [3.05, 3.63) is 47.9 Å². The second-order valence-electron chi connectivity index (χ2n) is 3.46. The maximum atomic E-state index is 11.8. The van der Waals surface area contributed by atoms with Gasteiger partial charge in [0.15, 0.2) is 0 Å². The number of benzene rings is 1. The molecule has 0 saturated heterocycles. The summed E-state index contributed by atoms with van der Waals surface area (Å²) in [5.74, 6) is 0.118. The maximum Gasteiger partial charge on any atom is 0.267 e. The van der Waals surface area contributed by atoms with E-state index in [2.05, 4.69) is 0 Å². The van der Waals surface area contributed by atoms with E-state index in [1.807, 2.05) is 0 Å². The minimum atomic E-state index is -1.23. The number of hydroxylamine groups is 1. The molecule has 1 amide bonds. The quantitative estimate of drug-likeness (QED) is 0.473. The number of hydrogen-bond acceptors (Lipinski definition) is 4. The van der Waals surface area contributed by atoms with Gasteiger partial charge in [0, 0.05) is 16.4 Å². The molecule has 0 saturated carbocycles. The predicted molar refractivity (Wildman–Crippen MR) is 72.2 cm³/mol. The highest BCUT2D eigenvalue weighted by Gasteiger charge is 1.99. The van der Waals surface area contributed by atoms with Crippen molar-refractivity contribution in [2.45, 2.75) is 11.3 Å². The summed E-state index contributed by atoms with van der Waals surface area (Å²) in [6, 6.07) is 6.95. The second kappa shape index (κ2) is 8.23. The molecule has 1 atom stereocenters. The van der Waals surface area contributed by atoms with Crippen LogP contribution in [0.4, 0.5) is 0 Å². The third kappa shape index (κ3) is 5.50. The Morgan fingerprint density at radius 3 is 2.63 bits per heavy atom. The van der Waals surface area contributed by atoms with Gasteiger partial charge in [-0.25, -0.2) is 9.69 Å². The molecule has 0 aliphatic rings. The van der Waals surface area contributed by atoms with Crippen molar-refractivity contribution >= 4 is 16.7 Å². The van der Waals surface area contributed by atoms with E-state index in [4.69, 9.17) is 9.94 Å². The van der Waals surface area contributed by atoms with Crippen LogP contribution in [0.1, 0.15) is 6.42 Å². The Morgan fingerprint density at radius 1 is 1.37 bits per heavy atom. The van der Waals surface area contributed by atoms with Crippen LogP contribution in [0.15, 0.2) is 52.8 Å². The van der Waals surface area contributed by atoms with Gasteiger partial charge in [0.1, 0.15) is 5.75 Å². The van der Waals surface area contributed by atoms with Crippen LogP contribution in [-0.2, 0) is 15.6 Å². The van der Waals surface area contributed by atoms with Crippen molar-refractivity contribution in [2.24, 2.45) is 0 Å². The van der Waals surface area contributed by atoms with Crippen LogP contribution in [-0.4, -0.2) is 22.4 Å². The summed E-state index contributed by atoms with van der Waals surface area (Å²) in [5, 5.41) is 9.79. The van der Waals surface area contributed by atoms with E-state index in [1.165, 1.54) is 11.6 Å². The van der Waals surface area contributed by atoms with Crippen molar-refractivity contribution in [3.8, 4) is 5.75 Å². The Bertz CT molecular complexity index is 494. The zero-order valence-corrected chi connectivity index (χ0v) is 11.2. The Kier molecular flexibility index (Phi) is 6.56. The molecule has 0 radical (unpaired) electrons. The predicted octanol–water partition coefficient (Wildman–Crippen LogP) is 1.77. The molecule has 0 heterocycles. The number of methoxy groups -OCH3 is 1. The summed E-state index contributed by atoms with van der Waals surface area (Å²) in [4.78, 5) is 11.3. The molecular weight excluding hydrogens is 266 g/mol. The average molecular weight is 281 g/mol. The van der Waals surface area contributed by atoms with E-state index in [1.54, 1.807) is 48.9 Å². The fraction of sp³-hybridized carbons (Fsp3) is 0.154. The molecule has 5 nitrogen and oxygen atoms in total. The summed E-state index contributed by atoms with van der Waals surface area (Å²) >= 11 is 0. The lowest BCUT2D eigenvalue weighted by Crippen LogP contribution is -2.14. The highest BCUT2D eigenvalue weighted by molar-refractivity contribution is 7.88. The first-order valence-corrected chi connectivity index (χ1v) is 6.70. The smallest absolute Gasteiger partial charge is 0.267 e. The van der Waals surface area contributed by atoms with E-state index in [9.17, 15) is 9.00 Å². The van der Waals surface area contributed by atoms with Gasteiger partial charge < -0.3 is 4.74 Å². The maximum absolute atomic E-state index is 11.8. The van der Waals surface area contributed by atoms with E-state index < -0.39 is 16.7 Å². The van der Waals surface area contributed by atoms with Crippen LogP contribution in [0.25, 0.3) is 0 Å². The lowest BCUT2D eigenvalue weighted by Gasteiger charge is -2.00. The van der Waals surface area contributed by atoms with Crippen molar-refractivity contribution in [1.29, 1.82) is 0 Å². The summed E-state index contributed by atoms with van der Waals surface area (Å²) < 4.78 is 16.8. The van der Waals surface area contributed by atoms with Crippen LogP contribution >= 0.6 is 0 Å². The van der Waals surface area contributed by atoms with Crippen LogP contribution in [0, 0.1) is 0 Å². The summed E-state index contributed by atoms with van der Waals surface area (Å²) in [5.41, 5.74) is 1.48. The minimum absolute atomic E-state index is 0.454. The summed E-state index contributed by atoms with van der Waals surface area (Å²) in [6.45, 7) is 0. The van der Waals surface area contributed by atoms with Crippen LogP contribution < -0.4 is 10.2 Å². The molecule has 1 rings (SSSR count). The molecular formula is C13H15NO4S. The number of carbonyl (C=O) groups is 1. The molecule has 6 heteroatoms. The fourth-order valence-electron chi connectivity index (χ4n) is 1.22. The standard InChI is InChI=1S/C13H15NO4S/c1-18-11-6-8-12(9-7-11)19(17)10-4-2-3-5-13(15)14-16/h3-10,16H,2H2,1H3,(H,14,15). The van der Waals surface area contributed by atoms with E-state index in [0.717, 1.165) is 0 Å². The summed E-state index contributed by atoms with van der Waals surface area (Å²) in [7, 11) is 0.341. The Balaban J connectivity index is 2.49. The fourth-order valence-corrected chi connectivity index (χ4v) is 2.07. The summed E-state index contributed by atoms with van der Waals surface area (Å²) in [6.07, 6.45) is 4.88. The van der Waals surface area contributed by atoms with Crippen molar-refractivity contribution in [3.63, 3.8) is 0 Å². The molecule has 0 aromatic heterocycles. The number of hydrogen-bond donors (Lipinski definition) is 2. The second-order valence-corrected chi connectivity index (χ2v) is 4.80. The monoisotopic (exact) mass is 281 g/mol. The highest BCUT2D eigenvalue weighted by Crippen LogP contribution is 2.14. The molecule has 2 N–H and O–H groups in total. The Labute approximate surface area is 114 Å². The van der Waals surface area contributed by atoms with Crippen LogP contribution in [0.2, 0.25) is 0 Å².